The molecule has 146 valence electrons. The second kappa shape index (κ2) is 8.64. The fraction of sp³-hybridized carbons (Fsp3) is 0.211. The Morgan fingerprint density at radius 2 is 1.89 bits per heavy atom. The maximum Gasteiger partial charge on any atom is 0.320 e. The van der Waals surface area contributed by atoms with E-state index in [0.717, 1.165) is 22.9 Å². The number of nitrogens with one attached hydrogen (secondary N) is 1. The molecule has 1 saturated heterocycles. The summed E-state index contributed by atoms with van der Waals surface area (Å²) in [5, 5.41) is 10.7. The van der Waals surface area contributed by atoms with Crippen LogP contribution in [0.4, 0.5) is 4.79 Å². The van der Waals surface area contributed by atoms with Crippen LogP contribution in [-0.2, 0) is 22.4 Å². The predicted octanol–water partition coefficient (Wildman–Crippen LogP) is 2.98. The first-order valence-electron chi connectivity index (χ1n) is 8.37. The van der Waals surface area contributed by atoms with Crippen molar-refractivity contribution in [1.82, 2.24) is 5.32 Å². The first-order valence-corrected chi connectivity index (χ1v) is 9.62. The molecule has 1 unspecified atom stereocenters. The molecule has 1 heterocycles. The summed E-state index contributed by atoms with van der Waals surface area (Å²) in [6.07, 6.45) is 0.612. The number of carbonyl (C=O) groups is 3. The molecule has 1 aliphatic heterocycles. The third kappa shape index (κ3) is 5.03. The number of carboxylic acid groups (broad SMARTS) is 1. The van der Waals surface area contributed by atoms with E-state index in [1.54, 1.807) is 42.5 Å². The van der Waals surface area contributed by atoms with E-state index in [1.165, 1.54) is 0 Å². The number of carboxylic acids is 1. The van der Waals surface area contributed by atoms with Crippen molar-refractivity contribution < 1.29 is 24.2 Å². The highest BCUT2D eigenvalue weighted by Gasteiger charge is 2.31. The Labute approximate surface area is 170 Å². The van der Waals surface area contributed by atoms with Crippen LogP contribution in [-0.4, -0.2) is 33.5 Å². The van der Waals surface area contributed by atoms with Crippen LogP contribution in [0.15, 0.2) is 42.5 Å². The highest BCUT2D eigenvalue weighted by molar-refractivity contribution is 8.15. The number of benzene rings is 2. The van der Waals surface area contributed by atoms with Gasteiger partial charge >= 0.3 is 5.97 Å². The maximum atomic E-state index is 11.7. The number of imide groups is 1. The first-order chi connectivity index (χ1) is 13.3. The van der Waals surface area contributed by atoms with Crippen LogP contribution in [0.5, 0.6) is 11.5 Å². The van der Waals surface area contributed by atoms with Crippen molar-refractivity contribution in [2.45, 2.75) is 24.1 Å². The molecule has 1 aliphatic rings. The minimum atomic E-state index is -1.05. The van der Waals surface area contributed by atoms with Gasteiger partial charge in [-0.1, -0.05) is 41.6 Å². The molecular formula is C19H17ClN2O5S. The summed E-state index contributed by atoms with van der Waals surface area (Å²) in [6, 6.07) is 11.1. The number of hydrogen-bond acceptors (Lipinski definition) is 6. The Balaban J connectivity index is 1.64. The van der Waals surface area contributed by atoms with Crippen LogP contribution in [0, 0.1) is 0 Å². The van der Waals surface area contributed by atoms with Crippen LogP contribution >= 0.6 is 23.4 Å². The summed E-state index contributed by atoms with van der Waals surface area (Å²) in [5.74, 6) is -0.363. The number of hydrogen-bond donors (Lipinski definition) is 3. The molecule has 2 aromatic rings. The number of amides is 2. The van der Waals surface area contributed by atoms with Crippen molar-refractivity contribution in [2.24, 2.45) is 5.73 Å². The normalized spacial score (nSPS) is 17.3. The number of aliphatic carboxylic acids is 1. The molecule has 0 radical (unpaired) electrons. The van der Waals surface area contributed by atoms with Gasteiger partial charge in [0, 0.05) is 0 Å². The van der Waals surface area contributed by atoms with E-state index < -0.39 is 17.3 Å². The van der Waals surface area contributed by atoms with Crippen LogP contribution < -0.4 is 15.8 Å². The van der Waals surface area contributed by atoms with Gasteiger partial charge in [0.15, 0.2) is 0 Å². The second-order valence-electron chi connectivity index (χ2n) is 6.25. The largest absolute Gasteiger partial charge is 0.480 e. The predicted molar refractivity (Wildman–Crippen MR) is 106 cm³/mol. The first kappa shape index (κ1) is 20.2. The van der Waals surface area contributed by atoms with Crippen molar-refractivity contribution >= 4 is 40.5 Å². The number of ether oxygens (including phenoxy) is 1. The lowest BCUT2D eigenvalue weighted by Gasteiger charge is -2.11. The number of thioether (sulfide) groups is 1. The van der Waals surface area contributed by atoms with Gasteiger partial charge in [-0.15, -0.1) is 0 Å². The molecule has 0 saturated carbocycles. The fourth-order valence-electron chi connectivity index (χ4n) is 2.66. The van der Waals surface area contributed by atoms with E-state index >= 15 is 0 Å². The van der Waals surface area contributed by atoms with Gasteiger partial charge in [0.2, 0.25) is 5.91 Å². The monoisotopic (exact) mass is 420 g/mol. The van der Waals surface area contributed by atoms with E-state index in [-0.39, 0.29) is 17.6 Å². The van der Waals surface area contributed by atoms with E-state index in [2.05, 4.69) is 5.32 Å². The molecule has 3 rings (SSSR count). The van der Waals surface area contributed by atoms with Gasteiger partial charge in [-0.05, 0) is 48.2 Å². The van der Waals surface area contributed by atoms with Gasteiger partial charge in [-0.25, -0.2) is 0 Å². The van der Waals surface area contributed by atoms with Gasteiger partial charge in [-0.2, -0.15) is 0 Å². The molecule has 1 fully saturated rings. The Bertz CT molecular complexity index is 919. The minimum Gasteiger partial charge on any atom is -0.480 e. The van der Waals surface area contributed by atoms with Crippen molar-refractivity contribution in [1.29, 1.82) is 0 Å². The summed E-state index contributed by atoms with van der Waals surface area (Å²) < 4.78 is 5.76. The quantitative estimate of drug-likeness (QED) is 0.629. The van der Waals surface area contributed by atoms with Crippen molar-refractivity contribution in [2.75, 3.05) is 0 Å². The highest BCUT2D eigenvalue weighted by Crippen LogP contribution is 2.32. The Morgan fingerprint density at radius 3 is 2.46 bits per heavy atom. The molecule has 4 N–H and O–H groups in total. The molecule has 2 amide bonds. The van der Waals surface area contributed by atoms with Crippen molar-refractivity contribution in [3.63, 3.8) is 0 Å². The summed E-state index contributed by atoms with van der Waals surface area (Å²) in [7, 11) is 0. The maximum absolute atomic E-state index is 11.7. The lowest BCUT2D eigenvalue weighted by atomic mass is 10.1. The lowest BCUT2D eigenvalue weighted by Crippen LogP contribution is -2.32. The molecule has 2 atom stereocenters. The summed E-state index contributed by atoms with van der Waals surface area (Å²) in [4.78, 5) is 33.7. The number of rotatable bonds is 7. The van der Waals surface area contributed by atoms with Crippen LogP contribution in [0.25, 0.3) is 0 Å². The average Bonchev–Trinajstić information content (AvgIpc) is 2.96. The fourth-order valence-corrected chi connectivity index (χ4v) is 3.76. The van der Waals surface area contributed by atoms with Crippen LogP contribution in [0.2, 0.25) is 5.02 Å². The zero-order valence-electron chi connectivity index (χ0n) is 14.6. The van der Waals surface area contributed by atoms with Gasteiger partial charge < -0.3 is 15.6 Å². The standard InChI is InChI=1S/C19H17ClN2O5S/c20-13-7-11(9-16-17(23)22-19(26)28-16)3-6-15(13)27-12-4-1-10(2-5-12)8-14(21)18(24)25/h1-7,14,16H,8-9,21H2,(H,24,25)(H,22,23,26)/t14-,16?/m0/s1. The number of halogens is 1. The number of carbonyl (C=O) groups excluding carboxylic acids is 2. The van der Waals surface area contributed by atoms with E-state index in [9.17, 15) is 14.4 Å². The zero-order chi connectivity index (χ0) is 20.3. The summed E-state index contributed by atoms with van der Waals surface area (Å²) in [6.45, 7) is 0. The van der Waals surface area contributed by atoms with E-state index in [1.807, 2.05) is 0 Å². The second-order valence-corrected chi connectivity index (χ2v) is 7.83. The molecule has 7 nitrogen and oxygen atoms in total. The van der Waals surface area contributed by atoms with Gasteiger partial charge in [0.25, 0.3) is 5.24 Å². The van der Waals surface area contributed by atoms with Crippen LogP contribution in [0.3, 0.4) is 0 Å². The molecular weight excluding hydrogens is 404 g/mol. The van der Waals surface area contributed by atoms with Gasteiger partial charge in [0.05, 0.1) is 10.3 Å². The zero-order valence-corrected chi connectivity index (χ0v) is 16.1. The van der Waals surface area contributed by atoms with Gasteiger partial charge in [0.1, 0.15) is 17.5 Å². The minimum absolute atomic E-state index is 0.223. The summed E-state index contributed by atoms with van der Waals surface area (Å²) >= 11 is 7.25. The smallest absolute Gasteiger partial charge is 0.320 e. The third-order valence-electron chi connectivity index (χ3n) is 4.11. The Kier molecular flexibility index (Phi) is 6.23. The molecule has 2 aromatic carbocycles. The van der Waals surface area contributed by atoms with Crippen molar-refractivity contribution in [3.05, 3.63) is 58.6 Å². The Morgan fingerprint density at radius 1 is 1.21 bits per heavy atom. The molecule has 0 aromatic heterocycles. The molecule has 9 heteroatoms. The SMILES string of the molecule is N[C@@H](Cc1ccc(Oc2ccc(CC3SC(=O)NC3=O)cc2Cl)cc1)C(=O)O. The molecule has 0 bridgehead atoms. The molecule has 0 aliphatic carbocycles. The van der Waals surface area contributed by atoms with E-state index in [0.29, 0.717) is 22.9 Å². The van der Waals surface area contributed by atoms with Crippen molar-refractivity contribution in [3.8, 4) is 11.5 Å². The average molecular weight is 421 g/mol. The van der Waals surface area contributed by atoms with Gasteiger partial charge in [-0.3, -0.25) is 19.7 Å². The number of nitrogens with two attached hydrogens (primary N) is 1. The Hall–Kier alpha value is -2.55. The third-order valence-corrected chi connectivity index (χ3v) is 5.39. The molecule has 28 heavy (non-hydrogen) atoms. The lowest BCUT2D eigenvalue weighted by molar-refractivity contribution is -0.138. The summed E-state index contributed by atoms with van der Waals surface area (Å²) in [5.41, 5.74) is 7.13. The van der Waals surface area contributed by atoms with E-state index in [4.69, 9.17) is 27.2 Å². The van der Waals surface area contributed by atoms with Crippen LogP contribution in [0.1, 0.15) is 11.1 Å². The topological polar surface area (TPSA) is 119 Å². The molecule has 0 spiro atoms. The highest BCUT2D eigenvalue weighted by atomic mass is 35.5.